The topological polar surface area (TPSA) is 71.8 Å². The molecule has 0 saturated heterocycles. The lowest BCUT2D eigenvalue weighted by molar-refractivity contribution is 0.102. The second-order valence-corrected chi connectivity index (χ2v) is 8.33. The number of anilines is 1. The van der Waals surface area contributed by atoms with Gasteiger partial charge in [0.25, 0.3) is 5.91 Å². The summed E-state index contributed by atoms with van der Waals surface area (Å²) in [6, 6.07) is 12.5. The Morgan fingerprint density at radius 2 is 2.11 bits per heavy atom. The molecule has 1 unspecified atom stereocenters. The van der Waals surface area contributed by atoms with Crippen LogP contribution in [0.2, 0.25) is 0 Å². The first-order chi connectivity index (χ1) is 12.9. The summed E-state index contributed by atoms with van der Waals surface area (Å²) in [5, 5.41) is 13.3. The highest BCUT2D eigenvalue weighted by Crippen LogP contribution is 2.33. The predicted molar refractivity (Wildman–Crippen MR) is 107 cm³/mol. The van der Waals surface area contributed by atoms with E-state index in [0.717, 1.165) is 24.5 Å². The van der Waals surface area contributed by atoms with Crippen LogP contribution < -0.4 is 10.6 Å². The van der Waals surface area contributed by atoms with Crippen LogP contribution in [0, 0.1) is 0 Å². The normalized spacial score (nSPS) is 16.8. The molecule has 7 heteroatoms. The van der Waals surface area contributed by atoms with E-state index in [1.54, 1.807) is 0 Å². The van der Waals surface area contributed by atoms with Gasteiger partial charge in [-0.15, -0.1) is 11.3 Å². The van der Waals surface area contributed by atoms with Gasteiger partial charge in [0.05, 0.1) is 17.9 Å². The highest BCUT2D eigenvalue weighted by Gasteiger charge is 2.26. The van der Waals surface area contributed by atoms with Crippen LogP contribution in [0.3, 0.4) is 0 Å². The zero-order valence-electron chi connectivity index (χ0n) is 15.7. The Kier molecular flexibility index (Phi) is 4.57. The number of fused-ring (bicyclic) bond motifs is 1. The molecule has 27 heavy (non-hydrogen) atoms. The molecule has 3 heterocycles. The minimum Gasteiger partial charge on any atom is -0.307 e. The number of hydrogen-bond acceptors (Lipinski definition) is 5. The summed E-state index contributed by atoms with van der Waals surface area (Å²) in [7, 11) is 0. The van der Waals surface area contributed by atoms with Crippen molar-refractivity contribution >= 4 is 22.4 Å². The Bertz CT molecular complexity index is 960. The average Bonchev–Trinajstić information content (AvgIpc) is 3.29. The van der Waals surface area contributed by atoms with Crippen LogP contribution in [-0.4, -0.2) is 26.7 Å². The maximum absolute atomic E-state index is 12.6. The van der Waals surface area contributed by atoms with Crippen molar-refractivity contribution in [3.8, 4) is 0 Å². The fourth-order valence-corrected chi connectivity index (χ4v) is 4.12. The number of nitrogens with one attached hydrogen (secondary N) is 2. The summed E-state index contributed by atoms with van der Waals surface area (Å²) in [5.41, 5.74) is 3.37. The third-order valence-corrected chi connectivity index (χ3v) is 5.79. The summed E-state index contributed by atoms with van der Waals surface area (Å²) < 4.78 is 1.90. The third-order valence-electron chi connectivity index (χ3n) is 5.03. The summed E-state index contributed by atoms with van der Waals surface area (Å²) in [6.45, 7) is 7.89. The van der Waals surface area contributed by atoms with Crippen LogP contribution >= 0.6 is 11.3 Å². The first-order valence-electron chi connectivity index (χ1n) is 9.06. The van der Waals surface area contributed by atoms with Gasteiger partial charge in [-0.1, -0.05) is 44.2 Å². The van der Waals surface area contributed by atoms with Crippen LogP contribution in [-0.2, 0) is 18.5 Å². The lowest BCUT2D eigenvalue weighted by Crippen LogP contribution is -2.36. The van der Waals surface area contributed by atoms with E-state index >= 15 is 0 Å². The fourth-order valence-electron chi connectivity index (χ4n) is 3.25. The maximum atomic E-state index is 12.6. The summed E-state index contributed by atoms with van der Waals surface area (Å²) in [6.07, 6.45) is 0. The van der Waals surface area contributed by atoms with Crippen molar-refractivity contribution in [2.75, 3.05) is 5.32 Å². The molecular formula is C20H23N5OS. The van der Waals surface area contributed by atoms with Crippen LogP contribution in [0.5, 0.6) is 0 Å². The molecule has 0 spiro atoms. The number of thiazole rings is 1. The number of amides is 1. The van der Waals surface area contributed by atoms with Crippen molar-refractivity contribution in [3.63, 3.8) is 0 Å². The Labute approximate surface area is 162 Å². The number of nitrogens with zero attached hydrogens (tertiary/aromatic N) is 3. The molecule has 0 bridgehead atoms. The molecule has 2 N–H and O–H groups in total. The van der Waals surface area contributed by atoms with Crippen LogP contribution in [0.4, 0.5) is 5.13 Å². The molecule has 0 radical (unpaired) electrons. The van der Waals surface area contributed by atoms with Gasteiger partial charge in [-0.3, -0.25) is 14.8 Å². The highest BCUT2D eigenvalue weighted by molar-refractivity contribution is 7.14. The van der Waals surface area contributed by atoms with E-state index in [4.69, 9.17) is 0 Å². The van der Waals surface area contributed by atoms with E-state index in [1.165, 1.54) is 16.9 Å². The van der Waals surface area contributed by atoms with E-state index in [-0.39, 0.29) is 11.3 Å². The first-order valence-corrected chi connectivity index (χ1v) is 9.94. The molecule has 2 aromatic heterocycles. The molecule has 3 aromatic rings. The Morgan fingerprint density at radius 1 is 1.33 bits per heavy atom. The molecular weight excluding hydrogens is 358 g/mol. The molecule has 0 fully saturated rings. The minimum atomic E-state index is -0.226. The Hall–Kier alpha value is -2.51. The predicted octanol–water partition coefficient (Wildman–Crippen LogP) is 3.41. The van der Waals surface area contributed by atoms with Gasteiger partial charge in [-0.25, -0.2) is 4.98 Å². The van der Waals surface area contributed by atoms with Gasteiger partial charge in [0, 0.05) is 23.4 Å². The monoisotopic (exact) mass is 381 g/mol. The smallest absolute Gasteiger partial charge is 0.277 e. The van der Waals surface area contributed by atoms with Gasteiger partial charge in [0.2, 0.25) is 0 Å². The number of carbonyl (C=O) groups excluding carboxylic acids is 1. The lowest BCUT2D eigenvalue weighted by atomic mass is 9.82. The molecule has 1 aliphatic rings. The van der Waals surface area contributed by atoms with Gasteiger partial charge in [0.15, 0.2) is 10.8 Å². The van der Waals surface area contributed by atoms with E-state index in [9.17, 15) is 4.79 Å². The van der Waals surface area contributed by atoms with E-state index < -0.39 is 0 Å². The fraction of sp³-hybridized carbons (Fsp3) is 0.350. The van der Waals surface area contributed by atoms with Crippen LogP contribution in [0.1, 0.15) is 48.2 Å². The average molecular weight is 382 g/mol. The van der Waals surface area contributed by atoms with Gasteiger partial charge in [0.1, 0.15) is 0 Å². The molecule has 1 aliphatic heterocycles. The molecule has 0 aliphatic carbocycles. The number of hydrogen-bond donors (Lipinski definition) is 2. The largest absolute Gasteiger partial charge is 0.307 e. The third kappa shape index (κ3) is 3.52. The number of aromatic nitrogens is 3. The quantitative estimate of drug-likeness (QED) is 0.726. The molecule has 1 amide bonds. The number of rotatable bonds is 4. The Morgan fingerprint density at radius 3 is 2.89 bits per heavy atom. The lowest BCUT2D eigenvalue weighted by Gasteiger charge is -2.22. The molecule has 1 atom stereocenters. The van der Waals surface area contributed by atoms with Gasteiger partial charge >= 0.3 is 0 Å². The minimum absolute atomic E-state index is 0.219. The highest BCUT2D eigenvalue weighted by atomic mass is 32.1. The van der Waals surface area contributed by atoms with E-state index in [0.29, 0.717) is 16.9 Å². The van der Waals surface area contributed by atoms with Crippen molar-refractivity contribution in [2.24, 2.45) is 0 Å². The zero-order valence-corrected chi connectivity index (χ0v) is 16.5. The second kappa shape index (κ2) is 6.90. The van der Waals surface area contributed by atoms with Crippen LogP contribution in [0.15, 0.2) is 41.8 Å². The molecule has 0 saturated carbocycles. The van der Waals surface area contributed by atoms with Crippen molar-refractivity contribution in [1.82, 2.24) is 20.1 Å². The number of carbonyl (C=O) groups is 1. The summed E-state index contributed by atoms with van der Waals surface area (Å²) in [4.78, 5) is 17.3. The first kappa shape index (κ1) is 17.9. The molecule has 4 rings (SSSR count). The van der Waals surface area contributed by atoms with Crippen molar-refractivity contribution in [1.29, 1.82) is 0 Å². The molecule has 1 aromatic carbocycles. The standard InChI is InChI=1S/C20H23N5OS/c1-13-11-25-15(10-21-13)9-16(24-25)18(26)23-19-22-17(12-27-19)20(2,3)14-7-5-4-6-8-14/h4-9,12-13,21H,10-11H2,1-3H3,(H,22,23,26). The van der Waals surface area contributed by atoms with Crippen molar-refractivity contribution in [3.05, 3.63) is 64.4 Å². The van der Waals surface area contributed by atoms with Gasteiger partial charge in [-0.05, 0) is 18.6 Å². The molecule has 6 nitrogen and oxygen atoms in total. The molecule has 140 valence electrons. The van der Waals surface area contributed by atoms with Crippen molar-refractivity contribution < 1.29 is 4.79 Å². The Balaban J connectivity index is 1.50. The SMILES string of the molecule is CC1Cn2nc(C(=O)Nc3nc(C(C)(C)c4ccccc4)cs3)cc2CN1. The maximum Gasteiger partial charge on any atom is 0.277 e. The van der Waals surface area contributed by atoms with E-state index in [1.807, 2.05) is 34.3 Å². The van der Waals surface area contributed by atoms with E-state index in [2.05, 4.69) is 53.6 Å². The number of benzene rings is 1. The van der Waals surface area contributed by atoms with Gasteiger partial charge in [-0.2, -0.15) is 5.10 Å². The summed E-state index contributed by atoms with van der Waals surface area (Å²) >= 11 is 1.44. The van der Waals surface area contributed by atoms with Crippen molar-refractivity contribution in [2.45, 2.75) is 45.3 Å². The second-order valence-electron chi connectivity index (χ2n) is 7.47. The summed E-state index contributed by atoms with van der Waals surface area (Å²) in [5.74, 6) is -0.219. The van der Waals surface area contributed by atoms with Gasteiger partial charge < -0.3 is 5.32 Å². The van der Waals surface area contributed by atoms with Crippen LogP contribution in [0.25, 0.3) is 0 Å². The zero-order chi connectivity index (χ0) is 19.0.